The van der Waals surface area contributed by atoms with Crippen LogP contribution >= 0.6 is 0 Å². The molecule has 2 fully saturated rings. The molecule has 0 unspecified atom stereocenters. The Morgan fingerprint density at radius 3 is 2.60 bits per heavy atom. The first-order chi connectivity index (χ1) is 7.15. The summed E-state index contributed by atoms with van der Waals surface area (Å²) >= 11 is 0. The van der Waals surface area contributed by atoms with Crippen LogP contribution in [-0.2, 0) is 19.1 Å². The van der Waals surface area contributed by atoms with Gasteiger partial charge in [0.25, 0.3) is 0 Å². The van der Waals surface area contributed by atoms with E-state index in [1.807, 2.05) is 0 Å². The largest absolute Gasteiger partial charge is 0.458 e. The molecule has 0 aromatic heterocycles. The minimum Gasteiger partial charge on any atom is -0.458 e. The monoisotopic (exact) mass is 212 g/mol. The molecule has 2 rings (SSSR count). The van der Waals surface area contributed by atoms with Crippen LogP contribution in [0.1, 0.15) is 33.1 Å². The summed E-state index contributed by atoms with van der Waals surface area (Å²) in [4.78, 5) is 22.9. The third kappa shape index (κ3) is 1.62. The van der Waals surface area contributed by atoms with Crippen molar-refractivity contribution in [1.29, 1.82) is 0 Å². The van der Waals surface area contributed by atoms with E-state index >= 15 is 0 Å². The zero-order valence-corrected chi connectivity index (χ0v) is 9.06. The number of carbonyl (C=O) groups is 2. The fourth-order valence-electron chi connectivity index (χ4n) is 2.31. The highest BCUT2D eigenvalue weighted by molar-refractivity contribution is 5.87. The average Bonchev–Trinajstić information content (AvgIpc) is 2.65. The maximum absolute atomic E-state index is 11.5. The van der Waals surface area contributed by atoms with Crippen molar-refractivity contribution in [1.82, 2.24) is 0 Å². The molecule has 0 spiro atoms. The lowest BCUT2D eigenvalue weighted by molar-refractivity contribution is -0.155. The first-order valence-corrected chi connectivity index (χ1v) is 5.56. The highest BCUT2D eigenvalue weighted by atomic mass is 16.6. The fourth-order valence-corrected chi connectivity index (χ4v) is 2.31. The fraction of sp³-hybridized carbons (Fsp3) is 0.818. The molecule has 2 heterocycles. The molecule has 4 nitrogen and oxygen atoms in total. The summed E-state index contributed by atoms with van der Waals surface area (Å²) < 4.78 is 10.4. The second-order valence-electron chi connectivity index (χ2n) is 4.33. The van der Waals surface area contributed by atoms with Gasteiger partial charge in [-0.25, -0.2) is 0 Å². The molecule has 0 radical (unpaired) electrons. The Balaban J connectivity index is 2.07. The van der Waals surface area contributed by atoms with Crippen LogP contribution < -0.4 is 0 Å². The number of ether oxygens (including phenoxy) is 2. The van der Waals surface area contributed by atoms with Crippen LogP contribution in [0.2, 0.25) is 0 Å². The molecule has 0 amide bonds. The normalized spacial score (nSPS) is 38.8. The molecule has 0 aromatic rings. The summed E-state index contributed by atoms with van der Waals surface area (Å²) in [5, 5.41) is 0. The summed E-state index contributed by atoms with van der Waals surface area (Å²) in [6.07, 6.45) is 2.30. The smallest absolute Gasteiger partial charge is 0.314 e. The van der Waals surface area contributed by atoms with E-state index in [0.29, 0.717) is 0 Å². The van der Waals surface area contributed by atoms with Crippen LogP contribution in [-0.4, -0.2) is 24.1 Å². The van der Waals surface area contributed by atoms with E-state index in [4.69, 9.17) is 9.47 Å². The molecule has 2 aliphatic heterocycles. The molecule has 4 heteroatoms. The van der Waals surface area contributed by atoms with Crippen LogP contribution in [0, 0.1) is 11.8 Å². The SMILES string of the molecule is CCCC[C@@H]1OC(=O)[C@@H]2[C@H]1OC(=O)[C@@H]2C. The van der Waals surface area contributed by atoms with E-state index in [1.54, 1.807) is 6.92 Å². The van der Waals surface area contributed by atoms with Crippen molar-refractivity contribution in [3.05, 3.63) is 0 Å². The standard InChI is InChI=1S/C11H16O4/c1-3-4-5-7-9-8(11(13)14-7)6(2)10(12)15-9/h6-9H,3-5H2,1-2H3/t6-,7+,8+,9+/m1/s1. The molecule has 4 atom stereocenters. The van der Waals surface area contributed by atoms with Crippen molar-refractivity contribution >= 4 is 11.9 Å². The number of hydrogen-bond donors (Lipinski definition) is 0. The Hall–Kier alpha value is -1.06. The second-order valence-corrected chi connectivity index (χ2v) is 4.33. The van der Waals surface area contributed by atoms with E-state index in [-0.39, 0.29) is 36.0 Å². The maximum Gasteiger partial charge on any atom is 0.314 e. The maximum atomic E-state index is 11.5. The Morgan fingerprint density at radius 2 is 1.93 bits per heavy atom. The van der Waals surface area contributed by atoms with Crippen molar-refractivity contribution in [2.24, 2.45) is 11.8 Å². The van der Waals surface area contributed by atoms with E-state index in [2.05, 4.69) is 6.92 Å². The van der Waals surface area contributed by atoms with Gasteiger partial charge in [0.1, 0.15) is 12.0 Å². The molecule has 0 saturated carbocycles. The van der Waals surface area contributed by atoms with Gasteiger partial charge in [0, 0.05) is 0 Å². The zero-order chi connectivity index (χ0) is 11.0. The number of esters is 2. The second kappa shape index (κ2) is 3.83. The van der Waals surface area contributed by atoms with Gasteiger partial charge >= 0.3 is 11.9 Å². The predicted octanol–water partition coefficient (Wildman–Crippen LogP) is 1.28. The highest BCUT2D eigenvalue weighted by Gasteiger charge is 2.56. The lowest BCUT2D eigenvalue weighted by Crippen LogP contribution is -2.25. The average molecular weight is 212 g/mol. The van der Waals surface area contributed by atoms with Crippen LogP contribution in [0.15, 0.2) is 0 Å². The van der Waals surface area contributed by atoms with Crippen LogP contribution in [0.5, 0.6) is 0 Å². The summed E-state index contributed by atoms with van der Waals surface area (Å²) in [6, 6.07) is 0. The minimum atomic E-state index is -0.362. The van der Waals surface area contributed by atoms with Crippen LogP contribution in [0.4, 0.5) is 0 Å². The third-order valence-electron chi connectivity index (χ3n) is 3.26. The molecule has 0 aliphatic carbocycles. The van der Waals surface area contributed by atoms with E-state index in [0.717, 1.165) is 19.3 Å². The molecular formula is C11H16O4. The van der Waals surface area contributed by atoms with Crippen molar-refractivity contribution in [3.8, 4) is 0 Å². The minimum absolute atomic E-state index is 0.212. The van der Waals surface area contributed by atoms with E-state index in [9.17, 15) is 9.59 Å². The predicted molar refractivity (Wildman–Crippen MR) is 51.9 cm³/mol. The Morgan fingerprint density at radius 1 is 1.20 bits per heavy atom. The Labute approximate surface area is 88.9 Å². The lowest BCUT2D eigenvalue weighted by atomic mass is 9.91. The topological polar surface area (TPSA) is 52.6 Å². The number of unbranched alkanes of at least 4 members (excludes halogenated alkanes) is 1. The Kier molecular flexibility index (Phi) is 2.67. The molecule has 0 N–H and O–H groups in total. The number of carbonyl (C=O) groups excluding carboxylic acids is 2. The molecule has 0 aromatic carbocycles. The van der Waals surface area contributed by atoms with Crippen molar-refractivity contribution in [2.75, 3.05) is 0 Å². The van der Waals surface area contributed by atoms with Gasteiger partial charge in [0.05, 0.1) is 5.92 Å². The summed E-state index contributed by atoms with van der Waals surface area (Å²) in [7, 11) is 0. The summed E-state index contributed by atoms with van der Waals surface area (Å²) in [5.74, 6) is -1.23. The summed E-state index contributed by atoms with van der Waals surface area (Å²) in [6.45, 7) is 3.81. The van der Waals surface area contributed by atoms with Crippen LogP contribution in [0.25, 0.3) is 0 Å². The molecule has 2 aliphatic rings. The number of fused-ring (bicyclic) bond motifs is 1. The van der Waals surface area contributed by atoms with Crippen molar-refractivity contribution in [3.63, 3.8) is 0 Å². The molecule has 0 bridgehead atoms. The van der Waals surface area contributed by atoms with E-state index in [1.165, 1.54) is 0 Å². The zero-order valence-electron chi connectivity index (χ0n) is 9.06. The lowest BCUT2D eigenvalue weighted by Gasteiger charge is -2.14. The molecule has 84 valence electrons. The van der Waals surface area contributed by atoms with Gasteiger partial charge < -0.3 is 9.47 Å². The highest BCUT2D eigenvalue weighted by Crippen LogP contribution is 2.38. The van der Waals surface area contributed by atoms with E-state index < -0.39 is 0 Å². The number of cyclic esters (lactones) is 1. The quantitative estimate of drug-likeness (QED) is 0.661. The first-order valence-electron chi connectivity index (χ1n) is 5.56. The molecular weight excluding hydrogens is 196 g/mol. The van der Waals surface area contributed by atoms with Gasteiger partial charge in [-0.05, 0) is 12.8 Å². The van der Waals surface area contributed by atoms with Gasteiger partial charge in [-0.3, -0.25) is 9.59 Å². The number of hydrogen-bond acceptors (Lipinski definition) is 4. The van der Waals surface area contributed by atoms with Gasteiger partial charge in [-0.15, -0.1) is 0 Å². The summed E-state index contributed by atoms with van der Waals surface area (Å²) in [5.41, 5.74) is 0. The first kappa shape index (κ1) is 10.5. The molecule has 2 saturated heterocycles. The Bertz CT molecular complexity index is 286. The van der Waals surface area contributed by atoms with Gasteiger partial charge in [-0.1, -0.05) is 20.3 Å². The van der Waals surface area contributed by atoms with Crippen molar-refractivity contribution in [2.45, 2.75) is 45.3 Å². The molecule has 15 heavy (non-hydrogen) atoms. The van der Waals surface area contributed by atoms with Gasteiger partial charge in [0.2, 0.25) is 0 Å². The number of rotatable bonds is 3. The van der Waals surface area contributed by atoms with Gasteiger partial charge in [0.15, 0.2) is 6.10 Å². The van der Waals surface area contributed by atoms with Crippen LogP contribution in [0.3, 0.4) is 0 Å². The van der Waals surface area contributed by atoms with Gasteiger partial charge in [-0.2, -0.15) is 0 Å². The van der Waals surface area contributed by atoms with Crippen molar-refractivity contribution < 1.29 is 19.1 Å². The third-order valence-corrected chi connectivity index (χ3v) is 3.26.